The third-order valence-electron chi connectivity index (χ3n) is 6.55. The van der Waals surface area contributed by atoms with Gasteiger partial charge in [-0.25, -0.2) is 9.37 Å². The van der Waals surface area contributed by atoms with Crippen LogP contribution in [0.3, 0.4) is 0 Å². The molecule has 1 saturated carbocycles. The molecule has 2 aromatic heterocycles. The molecule has 1 unspecified atom stereocenters. The molecule has 0 spiro atoms. The van der Waals surface area contributed by atoms with E-state index in [1.165, 1.54) is 29.8 Å². The summed E-state index contributed by atoms with van der Waals surface area (Å²) in [4.78, 5) is 25.6. The molecule has 184 valence electrons. The zero-order valence-corrected chi connectivity index (χ0v) is 20.3. The van der Waals surface area contributed by atoms with Crippen LogP contribution < -0.4 is 10.6 Å². The van der Waals surface area contributed by atoms with Crippen molar-refractivity contribution in [2.45, 2.75) is 44.8 Å². The summed E-state index contributed by atoms with van der Waals surface area (Å²) < 4.78 is 17.1. The molecule has 3 aromatic rings. The molecule has 2 N–H and O–H groups in total. The van der Waals surface area contributed by atoms with E-state index in [2.05, 4.69) is 36.6 Å². The molecule has 3 heterocycles. The third kappa shape index (κ3) is 4.62. The largest absolute Gasteiger partial charge is 0.362 e. The second-order valence-electron chi connectivity index (χ2n) is 9.08. The Hall–Kier alpha value is -3.96. The zero-order chi connectivity index (χ0) is 25.4. The predicted octanol–water partition coefficient (Wildman–Crippen LogP) is 4.79. The van der Waals surface area contributed by atoms with Crippen molar-refractivity contribution in [1.29, 1.82) is 5.26 Å². The lowest BCUT2D eigenvalue weighted by atomic mass is 9.87. The van der Waals surface area contributed by atoms with E-state index in [1.807, 2.05) is 0 Å². The number of amides is 1. The first kappa shape index (κ1) is 23.8. The van der Waals surface area contributed by atoms with Crippen molar-refractivity contribution in [3.63, 3.8) is 0 Å². The standard InChI is InChI=1S/C24H23ClFN9O/c1-13(36)34-7-5-15(6-8-34)21(26)17-9-14(11-27)10-18(20(17)25)31-24-32-22(30-16-3-4-16)23-29-12-19(28-2)35(23)33-24/h9-10,12,15-16,21H,3-8H2,1H3,(H2,30,31,32,33). The van der Waals surface area contributed by atoms with Gasteiger partial charge in [0.1, 0.15) is 6.17 Å². The van der Waals surface area contributed by atoms with Gasteiger partial charge in [0.2, 0.25) is 5.91 Å². The fraction of sp³-hybridized carbons (Fsp3) is 0.417. The number of piperidine rings is 1. The van der Waals surface area contributed by atoms with E-state index in [0.29, 0.717) is 37.4 Å². The fourth-order valence-corrected chi connectivity index (χ4v) is 4.66. The average Bonchev–Trinajstić information content (AvgIpc) is 3.60. The van der Waals surface area contributed by atoms with E-state index >= 15 is 4.39 Å². The molecule has 1 saturated heterocycles. The fourth-order valence-electron chi connectivity index (χ4n) is 4.40. The topological polar surface area (TPSA) is 116 Å². The number of fused-ring (bicyclic) bond motifs is 1. The number of likely N-dealkylation sites (tertiary alicyclic amines) is 1. The number of hydrogen-bond donors (Lipinski definition) is 2. The summed E-state index contributed by atoms with van der Waals surface area (Å²) in [7, 11) is 0. The van der Waals surface area contributed by atoms with Crippen LogP contribution in [-0.4, -0.2) is 49.5 Å². The van der Waals surface area contributed by atoms with Gasteiger partial charge in [0.05, 0.1) is 28.5 Å². The first-order valence-electron chi connectivity index (χ1n) is 11.7. The Labute approximate surface area is 211 Å². The summed E-state index contributed by atoms with van der Waals surface area (Å²) in [6.07, 6.45) is 3.05. The second-order valence-corrected chi connectivity index (χ2v) is 9.45. The van der Waals surface area contributed by atoms with Crippen molar-refractivity contribution in [1.82, 2.24) is 24.5 Å². The molecule has 1 aliphatic heterocycles. The number of aromatic nitrogens is 4. The Morgan fingerprint density at radius 2 is 2.08 bits per heavy atom. The molecule has 1 atom stereocenters. The van der Waals surface area contributed by atoms with Gasteiger partial charge < -0.3 is 20.4 Å². The molecule has 12 heteroatoms. The highest BCUT2D eigenvalue weighted by molar-refractivity contribution is 6.34. The smallest absolute Gasteiger partial charge is 0.275 e. The first-order valence-corrected chi connectivity index (χ1v) is 12.1. The Bertz CT molecular complexity index is 1410. The number of carbonyl (C=O) groups is 1. The number of rotatable bonds is 6. The molecule has 2 fully saturated rings. The van der Waals surface area contributed by atoms with Crippen molar-refractivity contribution in [2.24, 2.45) is 5.92 Å². The number of imidazole rings is 1. The number of nitrogens with zero attached hydrogens (tertiary/aromatic N) is 7. The highest BCUT2D eigenvalue weighted by Crippen LogP contribution is 2.41. The molecular formula is C24H23ClFN9O. The molecule has 36 heavy (non-hydrogen) atoms. The van der Waals surface area contributed by atoms with Gasteiger partial charge in [-0.2, -0.15) is 10.2 Å². The number of alkyl halides is 1. The summed E-state index contributed by atoms with van der Waals surface area (Å²) in [6.45, 7) is 9.88. The maximum absolute atomic E-state index is 15.7. The Kier molecular flexibility index (Phi) is 6.33. The molecule has 0 bridgehead atoms. The Morgan fingerprint density at radius 3 is 2.72 bits per heavy atom. The van der Waals surface area contributed by atoms with Crippen LogP contribution >= 0.6 is 11.6 Å². The lowest BCUT2D eigenvalue weighted by Gasteiger charge is -2.33. The van der Waals surface area contributed by atoms with Gasteiger partial charge in [-0.05, 0) is 43.7 Å². The molecule has 5 rings (SSSR count). The summed E-state index contributed by atoms with van der Waals surface area (Å²) >= 11 is 6.66. The van der Waals surface area contributed by atoms with Gasteiger partial charge in [0.25, 0.3) is 17.4 Å². The summed E-state index contributed by atoms with van der Waals surface area (Å²) in [5.74, 6) is 0.466. The lowest BCUT2D eigenvalue weighted by molar-refractivity contribution is -0.130. The Balaban J connectivity index is 1.47. The number of carbonyl (C=O) groups excluding carboxylic acids is 1. The second kappa shape index (κ2) is 9.59. The molecule has 1 aliphatic carbocycles. The predicted molar refractivity (Wildman–Crippen MR) is 132 cm³/mol. The normalized spacial score (nSPS) is 16.9. The van der Waals surface area contributed by atoms with Crippen molar-refractivity contribution < 1.29 is 9.18 Å². The summed E-state index contributed by atoms with van der Waals surface area (Å²) in [5, 5.41) is 20.4. The quantitative estimate of drug-likeness (QED) is 0.461. The van der Waals surface area contributed by atoms with Crippen LogP contribution in [0.15, 0.2) is 18.3 Å². The minimum absolute atomic E-state index is 0.0216. The molecule has 1 aromatic carbocycles. The molecular weight excluding hydrogens is 485 g/mol. The summed E-state index contributed by atoms with van der Waals surface area (Å²) in [5.41, 5.74) is 1.16. The highest BCUT2D eigenvalue weighted by atomic mass is 35.5. The average molecular weight is 508 g/mol. The van der Waals surface area contributed by atoms with E-state index in [0.717, 1.165) is 12.8 Å². The van der Waals surface area contributed by atoms with Crippen LogP contribution in [0.1, 0.15) is 49.9 Å². The number of nitrogens with one attached hydrogen (secondary N) is 2. The van der Waals surface area contributed by atoms with Crippen LogP contribution in [0.25, 0.3) is 10.5 Å². The molecule has 2 aliphatic rings. The van der Waals surface area contributed by atoms with Crippen molar-refractivity contribution >= 4 is 46.4 Å². The third-order valence-corrected chi connectivity index (χ3v) is 6.97. The molecule has 0 radical (unpaired) electrons. The molecule has 10 nitrogen and oxygen atoms in total. The van der Waals surface area contributed by atoms with Crippen LogP contribution in [0, 0.1) is 23.8 Å². The van der Waals surface area contributed by atoms with E-state index in [4.69, 9.17) is 18.2 Å². The van der Waals surface area contributed by atoms with Gasteiger partial charge in [-0.1, -0.05) is 23.3 Å². The monoisotopic (exact) mass is 507 g/mol. The van der Waals surface area contributed by atoms with Crippen LogP contribution in [0.4, 0.5) is 27.7 Å². The number of nitriles is 1. The highest BCUT2D eigenvalue weighted by Gasteiger charge is 2.31. The van der Waals surface area contributed by atoms with Gasteiger partial charge in [0, 0.05) is 31.6 Å². The maximum atomic E-state index is 15.7. The number of anilines is 3. The minimum atomic E-state index is -1.40. The van der Waals surface area contributed by atoms with Gasteiger partial charge in [0.15, 0.2) is 5.82 Å². The maximum Gasteiger partial charge on any atom is 0.275 e. The zero-order valence-electron chi connectivity index (χ0n) is 19.5. The van der Waals surface area contributed by atoms with Gasteiger partial charge in [-0.3, -0.25) is 4.79 Å². The number of benzene rings is 1. The van der Waals surface area contributed by atoms with Crippen molar-refractivity contribution in [2.75, 3.05) is 23.7 Å². The van der Waals surface area contributed by atoms with Crippen LogP contribution in [0.5, 0.6) is 0 Å². The first-order chi connectivity index (χ1) is 17.4. The Morgan fingerprint density at radius 1 is 1.33 bits per heavy atom. The van der Waals surface area contributed by atoms with E-state index in [-0.39, 0.29) is 51.5 Å². The van der Waals surface area contributed by atoms with Gasteiger partial charge in [-0.15, -0.1) is 4.52 Å². The minimum Gasteiger partial charge on any atom is -0.362 e. The van der Waals surface area contributed by atoms with Gasteiger partial charge >= 0.3 is 0 Å². The molecule has 1 amide bonds. The summed E-state index contributed by atoms with van der Waals surface area (Å²) in [6, 6.07) is 5.33. The van der Waals surface area contributed by atoms with E-state index < -0.39 is 6.17 Å². The van der Waals surface area contributed by atoms with Crippen molar-refractivity contribution in [3.05, 3.63) is 45.9 Å². The number of halogens is 2. The van der Waals surface area contributed by atoms with Crippen molar-refractivity contribution in [3.8, 4) is 6.07 Å². The SMILES string of the molecule is [C-]#[N+]c1cnc2c(NC3CC3)nc(Nc3cc(C#N)cc(C(F)C4CCN(C(C)=O)CC4)c3Cl)nn12. The van der Waals surface area contributed by atoms with Crippen LogP contribution in [-0.2, 0) is 4.79 Å². The van der Waals surface area contributed by atoms with Crippen LogP contribution in [0.2, 0.25) is 5.02 Å². The van der Waals surface area contributed by atoms with E-state index in [9.17, 15) is 10.1 Å². The lowest BCUT2D eigenvalue weighted by Crippen LogP contribution is -2.38. The van der Waals surface area contributed by atoms with E-state index in [1.54, 1.807) is 4.90 Å². The number of hydrogen-bond acceptors (Lipinski definition) is 7.